The smallest absolute Gasteiger partial charge is 0.223 e. The molecule has 0 bridgehead atoms. The maximum absolute atomic E-state index is 12.1. The van der Waals surface area contributed by atoms with E-state index < -0.39 is 0 Å². The molecule has 0 aliphatic carbocycles. The molecule has 2 N–H and O–H groups in total. The average molecular weight is 283 g/mol. The van der Waals surface area contributed by atoms with Crippen molar-refractivity contribution in [1.29, 1.82) is 0 Å². The van der Waals surface area contributed by atoms with Crippen LogP contribution in [0.15, 0.2) is 24.3 Å². The SMILES string of the molecule is Cc1ccc(CCC(=O)N2CCCC2CN)cc1.Cl. The van der Waals surface area contributed by atoms with Crippen LogP contribution >= 0.6 is 12.4 Å². The standard InChI is InChI=1S/C15H22N2O.ClH/c1-12-4-6-13(7-5-12)8-9-15(18)17-10-2-3-14(17)11-16;/h4-7,14H,2-3,8-11,16H2,1H3;1H. The molecule has 0 spiro atoms. The Morgan fingerprint density at radius 3 is 2.68 bits per heavy atom. The number of likely N-dealkylation sites (tertiary alicyclic amines) is 1. The van der Waals surface area contributed by atoms with E-state index in [2.05, 4.69) is 31.2 Å². The second-order valence-electron chi connectivity index (χ2n) is 5.10. The van der Waals surface area contributed by atoms with E-state index in [0.29, 0.717) is 13.0 Å². The van der Waals surface area contributed by atoms with Crippen molar-refractivity contribution in [3.05, 3.63) is 35.4 Å². The molecule has 106 valence electrons. The van der Waals surface area contributed by atoms with Crippen LogP contribution in [0.3, 0.4) is 0 Å². The number of amides is 1. The Morgan fingerprint density at radius 2 is 2.05 bits per heavy atom. The summed E-state index contributed by atoms with van der Waals surface area (Å²) in [5, 5.41) is 0. The lowest BCUT2D eigenvalue weighted by Gasteiger charge is -2.23. The fourth-order valence-electron chi connectivity index (χ4n) is 2.56. The lowest BCUT2D eigenvalue weighted by molar-refractivity contribution is -0.131. The van der Waals surface area contributed by atoms with Crippen LogP contribution in [0, 0.1) is 6.92 Å². The summed E-state index contributed by atoms with van der Waals surface area (Å²) in [6.07, 6.45) is 3.58. The molecule has 19 heavy (non-hydrogen) atoms. The van der Waals surface area contributed by atoms with Crippen molar-refractivity contribution < 1.29 is 4.79 Å². The molecule has 1 heterocycles. The topological polar surface area (TPSA) is 46.3 Å². The molecule has 0 saturated carbocycles. The molecule has 1 aromatic carbocycles. The highest BCUT2D eigenvalue weighted by atomic mass is 35.5. The van der Waals surface area contributed by atoms with E-state index in [-0.39, 0.29) is 24.4 Å². The number of carbonyl (C=O) groups excluding carboxylic acids is 1. The normalized spacial score (nSPS) is 18.2. The van der Waals surface area contributed by atoms with Crippen LogP contribution in [0.1, 0.15) is 30.4 Å². The largest absolute Gasteiger partial charge is 0.338 e. The van der Waals surface area contributed by atoms with E-state index >= 15 is 0 Å². The molecule has 1 aliphatic rings. The first-order valence-corrected chi connectivity index (χ1v) is 6.76. The zero-order valence-electron chi connectivity index (χ0n) is 11.5. The lowest BCUT2D eigenvalue weighted by Crippen LogP contribution is -2.39. The van der Waals surface area contributed by atoms with E-state index in [0.717, 1.165) is 25.8 Å². The number of nitrogens with two attached hydrogens (primary N) is 1. The fraction of sp³-hybridized carbons (Fsp3) is 0.533. The van der Waals surface area contributed by atoms with Crippen LogP contribution in [0.2, 0.25) is 0 Å². The van der Waals surface area contributed by atoms with Gasteiger partial charge in [0.1, 0.15) is 0 Å². The van der Waals surface area contributed by atoms with Gasteiger partial charge in [0.25, 0.3) is 0 Å². The summed E-state index contributed by atoms with van der Waals surface area (Å²) in [7, 11) is 0. The second-order valence-corrected chi connectivity index (χ2v) is 5.10. The number of halogens is 1. The highest BCUT2D eigenvalue weighted by Crippen LogP contribution is 2.18. The lowest BCUT2D eigenvalue weighted by atomic mass is 10.1. The minimum Gasteiger partial charge on any atom is -0.338 e. The van der Waals surface area contributed by atoms with Crippen molar-refractivity contribution in [3.8, 4) is 0 Å². The van der Waals surface area contributed by atoms with E-state index in [4.69, 9.17) is 5.73 Å². The van der Waals surface area contributed by atoms with Crippen molar-refractivity contribution in [2.75, 3.05) is 13.1 Å². The first-order valence-electron chi connectivity index (χ1n) is 6.76. The first-order chi connectivity index (χ1) is 8.70. The van der Waals surface area contributed by atoms with Gasteiger partial charge in [-0.05, 0) is 31.7 Å². The fourth-order valence-corrected chi connectivity index (χ4v) is 2.56. The summed E-state index contributed by atoms with van der Waals surface area (Å²) < 4.78 is 0. The third-order valence-corrected chi connectivity index (χ3v) is 3.72. The number of nitrogens with zero attached hydrogens (tertiary/aromatic N) is 1. The Labute approximate surface area is 121 Å². The number of aryl methyl sites for hydroxylation is 2. The van der Waals surface area contributed by atoms with Gasteiger partial charge in [0.2, 0.25) is 5.91 Å². The molecule has 1 saturated heterocycles. The molecule has 1 unspecified atom stereocenters. The monoisotopic (exact) mass is 282 g/mol. The highest BCUT2D eigenvalue weighted by molar-refractivity contribution is 5.85. The molecule has 1 fully saturated rings. The van der Waals surface area contributed by atoms with Crippen LogP contribution < -0.4 is 5.73 Å². The van der Waals surface area contributed by atoms with Crippen LogP contribution in [0.25, 0.3) is 0 Å². The van der Waals surface area contributed by atoms with Crippen molar-refractivity contribution in [3.63, 3.8) is 0 Å². The number of benzene rings is 1. The summed E-state index contributed by atoms with van der Waals surface area (Å²) >= 11 is 0. The zero-order valence-corrected chi connectivity index (χ0v) is 12.3. The quantitative estimate of drug-likeness (QED) is 0.921. The molecule has 0 aromatic heterocycles. The molecule has 3 nitrogen and oxygen atoms in total. The van der Waals surface area contributed by atoms with Gasteiger partial charge in [-0.15, -0.1) is 12.4 Å². The van der Waals surface area contributed by atoms with E-state index in [1.807, 2.05) is 4.90 Å². The van der Waals surface area contributed by atoms with Gasteiger partial charge in [0.15, 0.2) is 0 Å². The van der Waals surface area contributed by atoms with Crippen molar-refractivity contribution >= 4 is 18.3 Å². The van der Waals surface area contributed by atoms with Crippen LogP contribution in [0.4, 0.5) is 0 Å². The summed E-state index contributed by atoms with van der Waals surface area (Å²) in [5.74, 6) is 0.253. The maximum Gasteiger partial charge on any atom is 0.223 e. The zero-order chi connectivity index (χ0) is 13.0. The molecule has 1 atom stereocenters. The van der Waals surface area contributed by atoms with Crippen LogP contribution in [-0.4, -0.2) is 29.9 Å². The molecule has 4 heteroatoms. The number of carbonyl (C=O) groups is 1. The van der Waals surface area contributed by atoms with Gasteiger partial charge in [-0.3, -0.25) is 4.79 Å². The Balaban J connectivity index is 0.00000180. The molecule has 2 rings (SSSR count). The van der Waals surface area contributed by atoms with E-state index in [1.54, 1.807) is 0 Å². The summed E-state index contributed by atoms with van der Waals surface area (Å²) in [6.45, 7) is 3.55. The number of hydrogen-bond donors (Lipinski definition) is 1. The van der Waals surface area contributed by atoms with Crippen LogP contribution in [0.5, 0.6) is 0 Å². The third kappa shape index (κ3) is 4.22. The molecule has 1 amide bonds. The van der Waals surface area contributed by atoms with Crippen molar-refractivity contribution in [2.24, 2.45) is 5.73 Å². The Bertz CT molecular complexity index is 405. The maximum atomic E-state index is 12.1. The number of hydrogen-bond acceptors (Lipinski definition) is 2. The molecular weight excluding hydrogens is 260 g/mol. The third-order valence-electron chi connectivity index (χ3n) is 3.72. The van der Waals surface area contributed by atoms with E-state index in [9.17, 15) is 4.79 Å². The molecule has 1 aromatic rings. The van der Waals surface area contributed by atoms with Gasteiger partial charge in [-0.1, -0.05) is 29.8 Å². The van der Waals surface area contributed by atoms with Crippen molar-refractivity contribution in [1.82, 2.24) is 4.90 Å². The average Bonchev–Trinajstić information content (AvgIpc) is 2.86. The minimum absolute atomic E-state index is 0. The van der Waals surface area contributed by atoms with Gasteiger partial charge in [0, 0.05) is 25.6 Å². The van der Waals surface area contributed by atoms with Gasteiger partial charge >= 0.3 is 0 Å². The Hall–Kier alpha value is -1.06. The molecule has 1 aliphatic heterocycles. The summed E-state index contributed by atoms with van der Waals surface area (Å²) in [5.41, 5.74) is 8.18. The predicted octanol–water partition coefficient (Wildman–Crippen LogP) is 2.30. The predicted molar refractivity (Wildman–Crippen MR) is 80.5 cm³/mol. The van der Waals surface area contributed by atoms with Gasteiger partial charge in [0.05, 0.1) is 0 Å². The first kappa shape index (κ1) is 16.0. The van der Waals surface area contributed by atoms with Gasteiger partial charge in [-0.25, -0.2) is 0 Å². The Kier molecular flexibility index (Phi) is 6.32. The van der Waals surface area contributed by atoms with Gasteiger partial charge < -0.3 is 10.6 Å². The summed E-state index contributed by atoms with van der Waals surface area (Å²) in [6, 6.07) is 8.67. The Morgan fingerprint density at radius 1 is 1.37 bits per heavy atom. The minimum atomic E-state index is 0. The van der Waals surface area contributed by atoms with Gasteiger partial charge in [-0.2, -0.15) is 0 Å². The summed E-state index contributed by atoms with van der Waals surface area (Å²) in [4.78, 5) is 14.1. The van der Waals surface area contributed by atoms with E-state index in [1.165, 1.54) is 11.1 Å². The second kappa shape index (κ2) is 7.51. The number of rotatable bonds is 4. The highest BCUT2D eigenvalue weighted by Gasteiger charge is 2.26. The van der Waals surface area contributed by atoms with Crippen molar-refractivity contribution in [2.45, 2.75) is 38.6 Å². The molecule has 0 radical (unpaired) electrons. The molecular formula is C15H23ClN2O. The van der Waals surface area contributed by atoms with Crippen LogP contribution in [-0.2, 0) is 11.2 Å².